The number of anilines is 2. The lowest BCUT2D eigenvalue weighted by atomic mass is 10.0. The molecular formula is C35H28ClF3N6O2S. The molecular weight excluding hydrogens is 661 g/mol. The van der Waals surface area contributed by atoms with Crippen LogP contribution in [0.15, 0.2) is 97.5 Å². The average molecular weight is 689 g/mol. The van der Waals surface area contributed by atoms with Gasteiger partial charge in [0.25, 0.3) is 11.8 Å². The van der Waals surface area contributed by atoms with Crippen molar-refractivity contribution in [2.45, 2.75) is 19.3 Å². The summed E-state index contributed by atoms with van der Waals surface area (Å²) in [5.41, 5.74) is 1.81. The van der Waals surface area contributed by atoms with E-state index < -0.39 is 23.2 Å². The van der Waals surface area contributed by atoms with E-state index in [1.54, 1.807) is 53.8 Å². The van der Waals surface area contributed by atoms with Gasteiger partial charge in [-0.3, -0.25) is 9.59 Å². The van der Waals surface area contributed by atoms with Crippen LogP contribution in [0.5, 0.6) is 0 Å². The molecule has 48 heavy (non-hydrogen) atoms. The van der Waals surface area contributed by atoms with Gasteiger partial charge >= 0.3 is 6.18 Å². The fourth-order valence-corrected chi connectivity index (χ4v) is 6.62. The van der Waals surface area contributed by atoms with Gasteiger partial charge in [-0.05, 0) is 66.2 Å². The van der Waals surface area contributed by atoms with Crippen LogP contribution in [0.1, 0.15) is 42.4 Å². The number of halogens is 4. The second kappa shape index (κ2) is 13.9. The molecule has 0 unspecified atom stereocenters. The molecule has 2 aromatic heterocycles. The maximum absolute atomic E-state index is 14.0. The number of imidazole rings is 1. The molecule has 1 fully saturated rings. The topological polar surface area (TPSA) is 85.5 Å². The number of carbonyl (C=O) groups excluding carboxylic acids is 2. The first-order valence-electron chi connectivity index (χ1n) is 15.0. The number of thiophene rings is 1. The van der Waals surface area contributed by atoms with Crippen LogP contribution in [0.2, 0.25) is 4.34 Å². The number of carbonyl (C=O) groups is 2. The fourth-order valence-electron chi connectivity index (χ4n) is 5.60. The Labute approximate surface area is 283 Å². The number of alkyl halides is 3. The van der Waals surface area contributed by atoms with E-state index in [0.717, 1.165) is 17.3 Å². The Morgan fingerprint density at radius 1 is 0.938 bits per heavy atom. The minimum absolute atomic E-state index is 0.0474. The normalized spacial score (nSPS) is 13.3. The number of piperazine rings is 1. The first-order chi connectivity index (χ1) is 23.1. The largest absolute Gasteiger partial charge is 0.417 e. The lowest BCUT2D eigenvalue weighted by molar-refractivity contribution is -0.137. The van der Waals surface area contributed by atoms with E-state index in [0.29, 0.717) is 58.9 Å². The van der Waals surface area contributed by atoms with Crippen LogP contribution in [-0.4, -0.2) is 52.4 Å². The summed E-state index contributed by atoms with van der Waals surface area (Å²) in [7, 11) is 0. The maximum atomic E-state index is 14.0. The zero-order valence-electron chi connectivity index (χ0n) is 25.4. The van der Waals surface area contributed by atoms with Crippen LogP contribution in [0.4, 0.5) is 24.5 Å². The van der Waals surface area contributed by atoms with Gasteiger partial charge in [0.05, 0.1) is 50.5 Å². The summed E-state index contributed by atoms with van der Waals surface area (Å²) < 4.78 is 44.4. The molecule has 0 saturated carbocycles. The van der Waals surface area contributed by atoms with Crippen molar-refractivity contribution in [2.75, 3.05) is 36.0 Å². The van der Waals surface area contributed by atoms with Crippen molar-refractivity contribution in [3.63, 3.8) is 0 Å². The summed E-state index contributed by atoms with van der Waals surface area (Å²) in [5, 5.41) is 9.12. The molecule has 13 heteroatoms. The number of amides is 2. The molecule has 0 aliphatic carbocycles. The second-order valence-electron chi connectivity index (χ2n) is 11.2. The van der Waals surface area contributed by atoms with Crippen LogP contribution in [-0.2, 0) is 19.3 Å². The third-order valence-electron chi connectivity index (χ3n) is 8.14. The standard InChI is InChI=1S/C35H28ClF3N6O2S/c36-32-14-13-31(48-32)34(47)43-17-15-42(16-18-43)26-9-11-27(12-10-26)45(33(46)29-3-1-2-4-30(29)35(37,38)39)22-28-20-41-23-44(28)21-25-7-5-24(19-40)6-8-25/h1-14,20,23H,15-18,21-22H2. The molecule has 8 nitrogen and oxygen atoms in total. The maximum Gasteiger partial charge on any atom is 0.417 e. The predicted octanol–water partition coefficient (Wildman–Crippen LogP) is 7.35. The molecule has 0 spiro atoms. The van der Waals surface area contributed by atoms with E-state index >= 15 is 0 Å². The van der Waals surface area contributed by atoms with E-state index in [4.69, 9.17) is 16.9 Å². The zero-order chi connectivity index (χ0) is 33.8. The minimum atomic E-state index is -4.72. The predicted molar refractivity (Wildman–Crippen MR) is 178 cm³/mol. The Balaban J connectivity index is 1.25. The van der Waals surface area contributed by atoms with Crippen LogP contribution in [0.3, 0.4) is 0 Å². The number of aromatic nitrogens is 2. The summed E-state index contributed by atoms with van der Waals surface area (Å²) in [6.07, 6.45) is -1.54. The number of rotatable bonds is 8. The molecule has 2 amide bonds. The van der Waals surface area contributed by atoms with Crippen molar-refractivity contribution in [1.29, 1.82) is 5.26 Å². The van der Waals surface area contributed by atoms with Crippen molar-refractivity contribution in [3.8, 4) is 6.07 Å². The Morgan fingerprint density at radius 3 is 2.29 bits per heavy atom. The number of nitrogens with zero attached hydrogens (tertiary/aromatic N) is 6. The Morgan fingerprint density at radius 2 is 1.65 bits per heavy atom. The fraction of sp³-hybridized carbons (Fsp3) is 0.200. The summed E-state index contributed by atoms with van der Waals surface area (Å²) >= 11 is 7.25. The van der Waals surface area contributed by atoms with E-state index in [-0.39, 0.29) is 12.5 Å². The molecule has 1 aliphatic rings. The quantitative estimate of drug-likeness (QED) is 0.170. The molecule has 6 rings (SSSR count). The number of benzene rings is 3. The van der Waals surface area contributed by atoms with Gasteiger partial charge in [0.1, 0.15) is 0 Å². The van der Waals surface area contributed by atoms with Gasteiger partial charge in [0.15, 0.2) is 0 Å². The van der Waals surface area contributed by atoms with Crippen LogP contribution in [0, 0.1) is 11.3 Å². The molecule has 5 aromatic rings. The molecule has 244 valence electrons. The third kappa shape index (κ3) is 7.22. The van der Waals surface area contributed by atoms with Gasteiger partial charge in [0.2, 0.25) is 0 Å². The highest BCUT2D eigenvalue weighted by atomic mass is 35.5. The van der Waals surface area contributed by atoms with Crippen molar-refractivity contribution in [1.82, 2.24) is 14.5 Å². The van der Waals surface area contributed by atoms with Gasteiger partial charge < -0.3 is 19.3 Å². The monoisotopic (exact) mass is 688 g/mol. The molecule has 0 N–H and O–H groups in total. The number of nitriles is 1. The molecule has 3 aromatic carbocycles. The average Bonchev–Trinajstić information content (AvgIpc) is 3.75. The van der Waals surface area contributed by atoms with Gasteiger partial charge in [-0.2, -0.15) is 18.4 Å². The van der Waals surface area contributed by atoms with Crippen molar-refractivity contribution >= 4 is 46.1 Å². The van der Waals surface area contributed by atoms with E-state index in [2.05, 4.69) is 16.0 Å². The highest BCUT2D eigenvalue weighted by Crippen LogP contribution is 2.34. The van der Waals surface area contributed by atoms with E-state index in [9.17, 15) is 22.8 Å². The Kier molecular flexibility index (Phi) is 9.52. The molecule has 1 aliphatic heterocycles. The highest BCUT2D eigenvalue weighted by molar-refractivity contribution is 7.17. The SMILES string of the molecule is N#Cc1ccc(Cn2cncc2CN(C(=O)c2ccccc2C(F)(F)F)c2ccc(N3CCN(C(=O)c4ccc(Cl)s4)CC3)cc2)cc1. The molecule has 3 heterocycles. The third-order valence-corrected chi connectivity index (χ3v) is 9.36. The molecule has 0 bridgehead atoms. The van der Waals surface area contributed by atoms with Crippen molar-refractivity contribution < 1.29 is 22.8 Å². The summed E-state index contributed by atoms with van der Waals surface area (Å²) in [6, 6.07) is 24.4. The van der Waals surface area contributed by atoms with Crippen LogP contribution < -0.4 is 9.80 Å². The Bertz CT molecular complexity index is 1960. The van der Waals surface area contributed by atoms with Gasteiger partial charge in [-0.25, -0.2) is 4.98 Å². The van der Waals surface area contributed by atoms with Gasteiger partial charge in [-0.15, -0.1) is 11.3 Å². The Hall–Kier alpha value is -5.12. The summed E-state index contributed by atoms with van der Waals surface area (Å²) in [4.78, 5) is 36.9. The second-order valence-corrected chi connectivity index (χ2v) is 12.9. The smallest absolute Gasteiger partial charge is 0.368 e. The van der Waals surface area contributed by atoms with Crippen LogP contribution >= 0.6 is 22.9 Å². The highest BCUT2D eigenvalue weighted by Gasteiger charge is 2.36. The minimum Gasteiger partial charge on any atom is -0.368 e. The molecule has 0 radical (unpaired) electrons. The lowest BCUT2D eigenvalue weighted by Gasteiger charge is -2.36. The van der Waals surface area contributed by atoms with E-state index in [1.165, 1.54) is 34.4 Å². The van der Waals surface area contributed by atoms with Gasteiger partial charge in [0, 0.05) is 50.3 Å². The van der Waals surface area contributed by atoms with Crippen molar-refractivity contribution in [2.24, 2.45) is 0 Å². The van der Waals surface area contributed by atoms with E-state index in [1.807, 2.05) is 28.8 Å². The number of hydrogen-bond donors (Lipinski definition) is 0. The summed E-state index contributed by atoms with van der Waals surface area (Å²) in [5.74, 6) is -0.865. The molecule has 0 atom stereocenters. The first kappa shape index (κ1) is 32.8. The summed E-state index contributed by atoms with van der Waals surface area (Å²) in [6.45, 7) is 2.53. The van der Waals surface area contributed by atoms with Gasteiger partial charge in [-0.1, -0.05) is 35.9 Å². The number of hydrogen-bond acceptors (Lipinski definition) is 6. The molecule has 1 saturated heterocycles. The van der Waals surface area contributed by atoms with Crippen molar-refractivity contribution in [3.05, 3.63) is 135 Å². The zero-order valence-corrected chi connectivity index (χ0v) is 27.0. The first-order valence-corrected chi connectivity index (χ1v) is 16.2. The van der Waals surface area contributed by atoms with Crippen LogP contribution in [0.25, 0.3) is 0 Å². The lowest BCUT2D eigenvalue weighted by Crippen LogP contribution is -2.48.